The van der Waals surface area contributed by atoms with Gasteiger partial charge < -0.3 is 9.72 Å². The highest BCUT2D eigenvalue weighted by Gasteiger charge is 2.35. The molecule has 212 valence electrons. The van der Waals surface area contributed by atoms with Crippen LogP contribution in [0.1, 0.15) is 32.0 Å². The van der Waals surface area contributed by atoms with Crippen molar-refractivity contribution in [3.8, 4) is 16.9 Å². The van der Waals surface area contributed by atoms with Gasteiger partial charge in [-0.2, -0.15) is 18.3 Å². The highest BCUT2D eigenvalue weighted by atomic mass is 35.5. The fourth-order valence-electron chi connectivity index (χ4n) is 4.27. The summed E-state index contributed by atoms with van der Waals surface area (Å²) < 4.78 is 46.8. The average Bonchev–Trinajstić information content (AvgIpc) is 3.33. The summed E-state index contributed by atoms with van der Waals surface area (Å²) in [5, 5.41) is 4.80. The van der Waals surface area contributed by atoms with Crippen molar-refractivity contribution < 1.29 is 27.5 Å². The van der Waals surface area contributed by atoms with E-state index in [9.17, 15) is 22.8 Å². The summed E-state index contributed by atoms with van der Waals surface area (Å²) in [4.78, 5) is 28.6. The van der Waals surface area contributed by atoms with Gasteiger partial charge >= 0.3 is 12.1 Å². The van der Waals surface area contributed by atoms with Crippen LogP contribution in [-0.2, 0) is 6.18 Å². The van der Waals surface area contributed by atoms with Crippen molar-refractivity contribution in [3.63, 3.8) is 0 Å². The lowest BCUT2D eigenvalue weighted by molar-refractivity contribution is -0.136. The van der Waals surface area contributed by atoms with Gasteiger partial charge in [-0.15, -0.1) is 0 Å². The number of fused-ring (bicyclic) bond motifs is 1. The molecule has 0 saturated carbocycles. The quantitative estimate of drug-likeness (QED) is 0.0851. The van der Waals surface area contributed by atoms with E-state index in [4.69, 9.17) is 39.5 Å². The van der Waals surface area contributed by atoms with E-state index in [0.29, 0.717) is 16.1 Å². The second-order valence-corrected chi connectivity index (χ2v) is 10.1. The predicted molar refractivity (Wildman–Crippen MR) is 157 cm³/mol. The Hall–Kier alpha value is -4.31. The van der Waals surface area contributed by atoms with Crippen LogP contribution in [0.4, 0.5) is 13.2 Å². The number of aromatic amines is 1. The van der Waals surface area contributed by atoms with E-state index < -0.39 is 23.6 Å². The molecule has 1 amide bonds. The Kier molecular flexibility index (Phi) is 8.27. The molecule has 1 aromatic heterocycles. The van der Waals surface area contributed by atoms with Crippen LogP contribution in [0.2, 0.25) is 15.1 Å². The van der Waals surface area contributed by atoms with Crippen LogP contribution in [0.25, 0.3) is 22.0 Å². The second kappa shape index (κ2) is 11.9. The number of carbonyl (C=O) groups excluding carboxylic acids is 2. The van der Waals surface area contributed by atoms with Gasteiger partial charge in [0.2, 0.25) is 0 Å². The van der Waals surface area contributed by atoms with Gasteiger partial charge in [0, 0.05) is 32.1 Å². The van der Waals surface area contributed by atoms with Crippen LogP contribution in [-0.4, -0.2) is 23.1 Å². The smallest absolute Gasteiger partial charge is 0.418 e. The molecule has 0 atom stereocenters. The van der Waals surface area contributed by atoms with Gasteiger partial charge in [-0.1, -0.05) is 77.3 Å². The van der Waals surface area contributed by atoms with Gasteiger partial charge in [0.25, 0.3) is 5.91 Å². The van der Waals surface area contributed by atoms with Crippen LogP contribution in [0.5, 0.6) is 5.75 Å². The lowest BCUT2D eigenvalue weighted by atomic mass is 10.00. The molecule has 5 aromatic rings. The second-order valence-electron chi connectivity index (χ2n) is 8.83. The third kappa shape index (κ3) is 5.99. The molecule has 42 heavy (non-hydrogen) atoms. The van der Waals surface area contributed by atoms with Crippen molar-refractivity contribution in [2.24, 2.45) is 5.10 Å². The van der Waals surface area contributed by atoms with E-state index in [1.165, 1.54) is 42.6 Å². The Morgan fingerprint density at radius 1 is 0.881 bits per heavy atom. The van der Waals surface area contributed by atoms with E-state index in [1.54, 1.807) is 42.5 Å². The van der Waals surface area contributed by atoms with E-state index in [-0.39, 0.29) is 43.5 Å². The Morgan fingerprint density at radius 3 is 2.36 bits per heavy atom. The van der Waals surface area contributed by atoms with Crippen LogP contribution in [0.15, 0.2) is 90.0 Å². The molecular formula is C30H17Cl3F3N3O3. The molecule has 0 saturated heterocycles. The summed E-state index contributed by atoms with van der Waals surface area (Å²) >= 11 is 18.4. The minimum Gasteiger partial charge on any atom is -0.422 e. The molecule has 4 aromatic carbocycles. The fourth-order valence-corrected chi connectivity index (χ4v) is 4.99. The van der Waals surface area contributed by atoms with Gasteiger partial charge in [0.15, 0.2) is 0 Å². The number of aromatic nitrogens is 1. The summed E-state index contributed by atoms with van der Waals surface area (Å²) in [6.45, 7) is 0. The van der Waals surface area contributed by atoms with Crippen LogP contribution in [0.3, 0.4) is 0 Å². The molecule has 0 radical (unpaired) electrons. The minimum atomic E-state index is -4.68. The monoisotopic (exact) mass is 629 g/mol. The zero-order valence-electron chi connectivity index (χ0n) is 21.1. The first-order valence-electron chi connectivity index (χ1n) is 12.1. The van der Waals surface area contributed by atoms with Crippen molar-refractivity contribution in [2.75, 3.05) is 0 Å². The topological polar surface area (TPSA) is 83.5 Å². The number of alkyl halides is 3. The zero-order chi connectivity index (χ0) is 30.0. The number of rotatable bonds is 6. The van der Waals surface area contributed by atoms with Gasteiger partial charge in [-0.3, -0.25) is 4.79 Å². The van der Waals surface area contributed by atoms with Crippen LogP contribution < -0.4 is 10.2 Å². The number of amides is 1. The molecule has 6 nitrogen and oxygen atoms in total. The number of hydrogen-bond donors (Lipinski definition) is 2. The molecule has 0 fully saturated rings. The average molecular weight is 631 g/mol. The summed E-state index contributed by atoms with van der Waals surface area (Å²) in [6, 6.07) is 20.8. The van der Waals surface area contributed by atoms with Crippen LogP contribution >= 0.6 is 34.8 Å². The summed E-state index contributed by atoms with van der Waals surface area (Å²) in [6.07, 6.45) is -3.45. The fraction of sp³-hybridized carbons (Fsp3) is 0.0333. The Morgan fingerprint density at radius 2 is 1.62 bits per heavy atom. The number of para-hydroxylation sites is 2. The number of hydrazone groups is 1. The molecule has 0 spiro atoms. The third-order valence-electron chi connectivity index (χ3n) is 6.15. The lowest BCUT2D eigenvalue weighted by Crippen LogP contribution is -2.19. The summed E-state index contributed by atoms with van der Waals surface area (Å²) in [5.74, 6) is -1.46. The molecule has 0 aliphatic carbocycles. The van der Waals surface area contributed by atoms with Gasteiger partial charge in [0.1, 0.15) is 11.4 Å². The van der Waals surface area contributed by atoms with E-state index in [0.717, 1.165) is 6.07 Å². The molecule has 2 N–H and O–H groups in total. The molecule has 1 heterocycles. The maximum atomic E-state index is 13.8. The first-order chi connectivity index (χ1) is 20.0. The zero-order valence-corrected chi connectivity index (χ0v) is 23.4. The predicted octanol–water partition coefficient (Wildman–Crippen LogP) is 8.80. The number of carbonyl (C=O) groups is 2. The number of esters is 1. The first-order valence-corrected chi connectivity index (χ1v) is 13.2. The SMILES string of the molecule is O=C(Oc1ccccc1C=NNC(=O)c1[nH]c2c(C(F)(F)F)cccc2c1-c1ccccc1Cl)c1ccc(Cl)cc1Cl. The maximum Gasteiger partial charge on any atom is 0.418 e. The first kappa shape index (κ1) is 29.2. The van der Waals surface area contributed by atoms with E-state index >= 15 is 0 Å². The number of nitrogens with one attached hydrogen (secondary N) is 2. The number of ether oxygens (including phenoxy) is 1. The number of nitrogens with zero attached hydrogens (tertiary/aromatic N) is 1. The number of H-pyrrole nitrogens is 1. The van der Waals surface area contributed by atoms with Gasteiger partial charge in [-0.25, -0.2) is 10.2 Å². The normalized spacial score (nSPS) is 11.7. The minimum absolute atomic E-state index is 0.0882. The van der Waals surface area contributed by atoms with Crippen LogP contribution in [0, 0.1) is 0 Å². The van der Waals surface area contributed by atoms with E-state index in [1.807, 2.05) is 0 Å². The van der Waals surface area contributed by atoms with E-state index in [2.05, 4.69) is 15.5 Å². The van der Waals surface area contributed by atoms with Crippen molar-refractivity contribution in [2.45, 2.75) is 6.18 Å². The highest BCUT2D eigenvalue weighted by Crippen LogP contribution is 2.41. The van der Waals surface area contributed by atoms with Gasteiger partial charge in [0.05, 0.1) is 27.9 Å². The van der Waals surface area contributed by atoms with Crippen molar-refractivity contribution in [1.82, 2.24) is 10.4 Å². The van der Waals surface area contributed by atoms with Crippen molar-refractivity contribution in [1.29, 1.82) is 0 Å². The molecule has 5 rings (SSSR count). The molecule has 12 heteroatoms. The molecular weight excluding hydrogens is 614 g/mol. The summed E-state index contributed by atoms with van der Waals surface area (Å²) in [5.41, 5.74) is 1.89. The van der Waals surface area contributed by atoms with Gasteiger partial charge in [-0.05, 0) is 42.5 Å². The Labute approximate surface area is 251 Å². The largest absolute Gasteiger partial charge is 0.422 e. The highest BCUT2D eigenvalue weighted by molar-refractivity contribution is 6.36. The molecule has 0 aliphatic heterocycles. The molecule has 0 aliphatic rings. The summed E-state index contributed by atoms with van der Waals surface area (Å²) in [7, 11) is 0. The standard InChI is InChI=1S/C30H17Cl3F3N3O3/c31-17-12-13-19(23(33)14-17)29(41)42-24-11-4-1-6-16(24)15-37-39-28(40)27-25(18-7-2-3-10-22(18)32)20-8-5-9-21(26(20)38-27)30(34,35)36/h1-15,38H,(H,39,40). The van der Waals surface area contributed by atoms with Crippen molar-refractivity contribution >= 4 is 63.8 Å². The Bertz CT molecular complexity index is 1870. The van der Waals surface area contributed by atoms with Crippen molar-refractivity contribution in [3.05, 3.63) is 122 Å². The molecule has 0 unspecified atom stereocenters. The third-order valence-corrected chi connectivity index (χ3v) is 7.03. The lowest BCUT2D eigenvalue weighted by Gasteiger charge is -2.09. The maximum absolute atomic E-state index is 13.8. The Balaban J connectivity index is 1.46. The molecule has 0 bridgehead atoms. The number of benzene rings is 4. The number of halogens is 6. The number of hydrogen-bond acceptors (Lipinski definition) is 4.